The summed E-state index contributed by atoms with van der Waals surface area (Å²) in [7, 11) is 0. The van der Waals surface area contributed by atoms with Crippen LogP contribution in [0, 0.1) is 5.82 Å². The number of carboxylic acids is 1. The molecule has 12 heteroatoms. The van der Waals surface area contributed by atoms with Gasteiger partial charge >= 0.3 is 5.97 Å². The molecule has 2 heterocycles. The van der Waals surface area contributed by atoms with E-state index in [1.165, 1.54) is 28.4 Å². The highest BCUT2D eigenvalue weighted by atomic mass is 32.2. The number of aliphatic carboxylic acids is 1. The highest BCUT2D eigenvalue weighted by Gasteiger charge is 2.37. The van der Waals surface area contributed by atoms with Gasteiger partial charge in [-0.15, -0.1) is 11.3 Å². The number of benzene rings is 1. The maximum atomic E-state index is 13.2. The van der Waals surface area contributed by atoms with Crippen molar-refractivity contribution in [1.82, 2.24) is 10.2 Å². The third-order valence-electron chi connectivity index (χ3n) is 5.74. The molecule has 3 rings (SSSR count). The molecule has 1 aromatic heterocycles. The summed E-state index contributed by atoms with van der Waals surface area (Å²) in [4.78, 5) is 50.8. The van der Waals surface area contributed by atoms with Gasteiger partial charge in [0, 0.05) is 29.0 Å². The standard InChI is InChI=1S/C24H28FN3O6S2/c25-16-5-3-15(4-6-16)14-36-17-7-8-28(21(29)12-34-13-22(30)31)19(10-17)24(33)27-11-18(23(26)32)20-2-1-9-35-20/h1-6,9,17-19H,7-8,10-14H2,(H2,26,32)(H,27,33)(H,30,31)/t17-,18+,19-/m0/s1. The first-order chi connectivity index (χ1) is 17.2. The quantitative estimate of drug-likeness (QED) is 0.376. The van der Waals surface area contributed by atoms with E-state index in [2.05, 4.69) is 5.32 Å². The van der Waals surface area contributed by atoms with Gasteiger partial charge in [-0.25, -0.2) is 9.18 Å². The van der Waals surface area contributed by atoms with Crippen LogP contribution in [0.2, 0.25) is 0 Å². The van der Waals surface area contributed by atoms with Crippen molar-refractivity contribution < 1.29 is 33.4 Å². The fourth-order valence-electron chi connectivity index (χ4n) is 3.89. The van der Waals surface area contributed by atoms with Gasteiger partial charge < -0.3 is 25.8 Å². The van der Waals surface area contributed by atoms with Crippen molar-refractivity contribution in [2.45, 2.75) is 35.8 Å². The van der Waals surface area contributed by atoms with E-state index >= 15 is 0 Å². The number of thioether (sulfide) groups is 1. The molecule has 0 bridgehead atoms. The van der Waals surface area contributed by atoms with Crippen LogP contribution in [0.5, 0.6) is 0 Å². The van der Waals surface area contributed by atoms with Crippen molar-refractivity contribution in [3.05, 3.63) is 58.0 Å². The molecule has 0 unspecified atom stereocenters. The minimum absolute atomic E-state index is 0.00386. The second kappa shape index (κ2) is 13.4. The first kappa shape index (κ1) is 27.6. The predicted molar refractivity (Wildman–Crippen MR) is 134 cm³/mol. The first-order valence-corrected chi connectivity index (χ1v) is 13.2. The van der Waals surface area contributed by atoms with Gasteiger partial charge in [0.2, 0.25) is 17.7 Å². The van der Waals surface area contributed by atoms with Crippen LogP contribution in [0.15, 0.2) is 41.8 Å². The van der Waals surface area contributed by atoms with E-state index in [1.54, 1.807) is 36.0 Å². The molecule has 194 valence electrons. The van der Waals surface area contributed by atoms with Crippen LogP contribution in [0.4, 0.5) is 4.39 Å². The maximum absolute atomic E-state index is 13.2. The molecule has 3 atom stereocenters. The zero-order chi connectivity index (χ0) is 26.1. The number of nitrogens with two attached hydrogens (primary N) is 1. The van der Waals surface area contributed by atoms with Crippen LogP contribution >= 0.6 is 23.1 Å². The van der Waals surface area contributed by atoms with Gasteiger partial charge in [-0.3, -0.25) is 14.4 Å². The van der Waals surface area contributed by atoms with Crippen molar-refractivity contribution >= 4 is 46.8 Å². The lowest BCUT2D eigenvalue weighted by Crippen LogP contribution is -2.55. The normalized spacial score (nSPS) is 18.4. The molecule has 1 aliphatic heterocycles. The average molecular weight is 538 g/mol. The SMILES string of the molecule is NC(=O)[C@H](CNC(=O)[C@@H]1C[C@@H](SCc2ccc(F)cc2)CCN1C(=O)COCC(=O)O)c1cccs1. The number of amides is 3. The molecule has 4 N–H and O–H groups in total. The Morgan fingerprint density at radius 1 is 1.22 bits per heavy atom. The number of thiophene rings is 1. The summed E-state index contributed by atoms with van der Waals surface area (Å²) in [6, 6.07) is 8.95. The Morgan fingerprint density at radius 3 is 2.61 bits per heavy atom. The number of rotatable bonds is 12. The summed E-state index contributed by atoms with van der Waals surface area (Å²) in [6.45, 7) is -0.787. The summed E-state index contributed by atoms with van der Waals surface area (Å²) in [5.74, 6) is -3.04. The molecule has 0 aliphatic carbocycles. The number of hydrogen-bond donors (Lipinski definition) is 3. The molecule has 0 radical (unpaired) electrons. The minimum atomic E-state index is -1.20. The van der Waals surface area contributed by atoms with Crippen LogP contribution in [0.1, 0.15) is 29.2 Å². The topological polar surface area (TPSA) is 139 Å². The molecule has 1 aliphatic rings. The number of nitrogens with zero attached hydrogens (tertiary/aromatic N) is 1. The lowest BCUT2D eigenvalue weighted by Gasteiger charge is -2.38. The summed E-state index contributed by atoms with van der Waals surface area (Å²) >= 11 is 2.98. The van der Waals surface area contributed by atoms with Crippen LogP contribution < -0.4 is 11.1 Å². The lowest BCUT2D eigenvalue weighted by molar-refractivity contribution is -0.150. The van der Waals surface area contributed by atoms with Crippen LogP contribution in [0.25, 0.3) is 0 Å². The summed E-state index contributed by atoms with van der Waals surface area (Å²) in [5, 5.41) is 13.4. The van der Waals surface area contributed by atoms with E-state index in [1.807, 2.05) is 5.38 Å². The van der Waals surface area contributed by atoms with E-state index in [0.717, 1.165) is 10.4 Å². The van der Waals surface area contributed by atoms with Crippen molar-refractivity contribution in [3.63, 3.8) is 0 Å². The van der Waals surface area contributed by atoms with Crippen LogP contribution in [0.3, 0.4) is 0 Å². The number of primary amides is 1. The van der Waals surface area contributed by atoms with Gasteiger partial charge in [-0.05, 0) is 42.0 Å². The molecule has 3 amide bonds. The number of carbonyl (C=O) groups excluding carboxylic acids is 3. The predicted octanol–water partition coefficient (Wildman–Crippen LogP) is 1.97. The monoisotopic (exact) mass is 537 g/mol. The Morgan fingerprint density at radius 2 is 1.97 bits per heavy atom. The van der Waals surface area contributed by atoms with Crippen molar-refractivity contribution in [2.24, 2.45) is 5.73 Å². The van der Waals surface area contributed by atoms with E-state index < -0.39 is 48.9 Å². The maximum Gasteiger partial charge on any atom is 0.329 e. The molecule has 9 nitrogen and oxygen atoms in total. The van der Waals surface area contributed by atoms with Gasteiger partial charge in [0.25, 0.3) is 0 Å². The van der Waals surface area contributed by atoms with E-state index in [4.69, 9.17) is 15.6 Å². The number of nitrogens with one attached hydrogen (secondary N) is 1. The Kier molecular flexibility index (Phi) is 10.3. The number of carboxylic acid groups (broad SMARTS) is 1. The molecule has 36 heavy (non-hydrogen) atoms. The molecule has 1 aromatic carbocycles. The zero-order valence-corrected chi connectivity index (χ0v) is 21.1. The highest BCUT2D eigenvalue weighted by Crippen LogP contribution is 2.30. The summed E-state index contributed by atoms with van der Waals surface area (Å²) in [6.07, 6.45) is 0.988. The van der Waals surface area contributed by atoms with Gasteiger partial charge in [0.1, 0.15) is 25.1 Å². The van der Waals surface area contributed by atoms with Gasteiger partial charge in [0.05, 0.1) is 5.92 Å². The Hall–Kier alpha value is -2.96. The fourth-order valence-corrected chi connectivity index (χ4v) is 5.93. The van der Waals surface area contributed by atoms with Crippen molar-refractivity contribution in [2.75, 3.05) is 26.3 Å². The molecule has 0 spiro atoms. The van der Waals surface area contributed by atoms with Crippen LogP contribution in [-0.2, 0) is 29.7 Å². The summed E-state index contributed by atoms with van der Waals surface area (Å²) in [5.41, 5.74) is 6.48. The first-order valence-electron chi connectivity index (χ1n) is 11.3. The Balaban J connectivity index is 1.66. The van der Waals surface area contributed by atoms with E-state index in [0.29, 0.717) is 25.1 Å². The highest BCUT2D eigenvalue weighted by molar-refractivity contribution is 7.99. The molecule has 2 aromatic rings. The average Bonchev–Trinajstić information content (AvgIpc) is 3.37. The number of carbonyl (C=O) groups is 4. The fraction of sp³-hybridized carbons (Fsp3) is 0.417. The van der Waals surface area contributed by atoms with Crippen molar-refractivity contribution in [1.29, 1.82) is 0 Å². The molecule has 1 saturated heterocycles. The number of ether oxygens (including phenoxy) is 1. The number of piperidine rings is 1. The molecule has 1 fully saturated rings. The summed E-state index contributed by atoms with van der Waals surface area (Å²) < 4.78 is 18.1. The molecule has 0 saturated carbocycles. The lowest BCUT2D eigenvalue weighted by atomic mass is 10.00. The second-order valence-corrected chi connectivity index (χ2v) is 10.6. The Bertz CT molecular complexity index is 1050. The Labute approximate surface area is 216 Å². The minimum Gasteiger partial charge on any atom is -0.480 e. The number of likely N-dealkylation sites (tertiary alicyclic amines) is 1. The van der Waals surface area contributed by atoms with Gasteiger partial charge in [0.15, 0.2) is 0 Å². The van der Waals surface area contributed by atoms with Gasteiger partial charge in [-0.1, -0.05) is 18.2 Å². The van der Waals surface area contributed by atoms with E-state index in [-0.39, 0.29) is 17.6 Å². The smallest absolute Gasteiger partial charge is 0.329 e. The van der Waals surface area contributed by atoms with Crippen molar-refractivity contribution in [3.8, 4) is 0 Å². The zero-order valence-electron chi connectivity index (χ0n) is 19.4. The second-order valence-electron chi connectivity index (χ2n) is 8.29. The largest absolute Gasteiger partial charge is 0.480 e. The molecular weight excluding hydrogens is 509 g/mol. The van der Waals surface area contributed by atoms with Crippen LogP contribution in [-0.4, -0.2) is 71.3 Å². The number of halogens is 1. The van der Waals surface area contributed by atoms with E-state index in [9.17, 15) is 23.6 Å². The number of hydrogen-bond acceptors (Lipinski definition) is 7. The van der Waals surface area contributed by atoms with Gasteiger partial charge in [-0.2, -0.15) is 11.8 Å². The third kappa shape index (κ3) is 8.04. The molecular formula is C24H28FN3O6S2. The third-order valence-corrected chi connectivity index (χ3v) is 8.12.